The second-order valence-corrected chi connectivity index (χ2v) is 22.0. The second kappa shape index (κ2) is 10.9. The van der Waals surface area contributed by atoms with E-state index in [4.69, 9.17) is 32.1 Å². The zero-order chi connectivity index (χ0) is 22.3. The molecule has 2 nitrogen and oxygen atoms in total. The molecule has 2 atom stereocenters. The summed E-state index contributed by atoms with van der Waals surface area (Å²) in [6.45, 7) is 22.2. The van der Waals surface area contributed by atoms with Crippen molar-refractivity contribution in [1.29, 1.82) is 0 Å². The molecule has 0 bridgehead atoms. The van der Waals surface area contributed by atoms with Gasteiger partial charge in [-0.3, -0.25) is 0 Å². The first kappa shape index (κ1) is 29.0. The Balaban J connectivity index is 0.00000450. The topological polar surface area (TPSA) is 18.5 Å². The molecule has 0 radical (unpaired) electrons. The van der Waals surface area contributed by atoms with Crippen LogP contribution < -0.4 is 0 Å². The van der Waals surface area contributed by atoms with Crippen molar-refractivity contribution in [3.63, 3.8) is 0 Å². The average Bonchev–Trinajstić information content (AvgIpc) is 2.91. The maximum Gasteiger partial charge on any atom is 0.184 e. The third-order valence-electron chi connectivity index (χ3n) is 5.29. The van der Waals surface area contributed by atoms with E-state index in [9.17, 15) is 0 Å². The van der Waals surface area contributed by atoms with Crippen molar-refractivity contribution in [1.82, 2.24) is 0 Å². The van der Waals surface area contributed by atoms with Gasteiger partial charge in [-0.2, -0.15) is 0 Å². The summed E-state index contributed by atoms with van der Waals surface area (Å²) >= 11 is 13.6. The van der Waals surface area contributed by atoms with E-state index in [1.807, 2.05) is 0 Å². The number of allylic oxidation sites excluding steroid dienone is 4. The Morgan fingerprint density at radius 2 is 1.03 bits per heavy atom. The van der Waals surface area contributed by atoms with Crippen molar-refractivity contribution in [3.8, 4) is 0 Å². The first-order chi connectivity index (χ1) is 13.1. The van der Waals surface area contributed by atoms with Crippen molar-refractivity contribution in [2.24, 2.45) is 0 Å². The van der Waals surface area contributed by atoms with Gasteiger partial charge in [-0.15, -0.1) is 0 Å². The molecule has 2 aliphatic carbocycles. The van der Waals surface area contributed by atoms with Crippen LogP contribution in [0.15, 0.2) is 42.7 Å². The molecule has 0 amide bonds. The Labute approximate surface area is 217 Å². The number of hydrogen-bond acceptors (Lipinski definition) is 2. The Hall–Kier alpha value is 0.994. The van der Waals surface area contributed by atoms with Crippen LogP contribution in [0, 0.1) is 0 Å². The predicted molar refractivity (Wildman–Crippen MR) is 137 cm³/mol. The van der Waals surface area contributed by atoms with Crippen molar-refractivity contribution in [3.05, 3.63) is 42.7 Å². The molecule has 0 spiro atoms. The molecule has 0 heterocycles. The van der Waals surface area contributed by atoms with Gasteiger partial charge in [0.2, 0.25) is 0 Å². The first-order valence-electron chi connectivity index (χ1n) is 10.6. The first-order valence-corrected chi connectivity index (χ1v) is 19.6. The molecule has 0 fully saturated rings. The van der Waals surface area contributed by atoms with Gasteiger partial charge >= 0.3 is 0 Å². The fourth-order valence-corrected chi connectivity index (χ4v) is 10.5. The molecule has 2 unspecified atom stereocenters. The van der Waals surface area contributed by atoms with E-state index in [1.165, 1.54) is 32.7 Å². The summed E-state index contributed by atoms with van der Waals surface area (Å²) in [5, 5.41) is 4.68. The summed E-state index contributed by atoms with van der Waals surface area (Å²) in [5.74, 6) is 0. The standard InChI is InChI=1S/C22H38Cl2O2Si3.Zr/c1-13-11-17(23)21(19(13)15(3)25-28(5,6)7)27-22-18(24)12-14(2)20(22)16(4)26-29(8,9)10;/h15-16H,11-12,27H2,1-10H3;. The molecule has 0 aromatic heterocycles. The van der Waals surface area contributed by atoms with Crippen LogP contribution >= 0.6 is 23.2 Å². The van der Waals surface area contributed by atoms with Crippen LogP contribution in [0.2, 0.25) is 39.3 Å². The summed E-state index contributed by atoms with van der Waals surface area (Å²) in [6, 6.07) is 0. The monoisotopic (exact) mass is 578 g/mol. The molecule has 0 aromatic rings. The van der Waals surface area contributed by atoms with Crippen molar-refractivity contribution in [2.75, 3.05) is 0 Å². The van der Waals surface area contributed by atoms with Gasteiger partial charge in [0.15, 0.2) is 16.6 Å². The SMILES string of the molecule is CC1=C(C(C)O[Si](C)(C)C)C([SiH2]C2=C(Cl)CC(C)=C2C(C)O[Si](C)(C)C)=C(Cl)C1.[Zr]. The van der Waals surface area contributed by atoms with Crippen LogP contribution in [0.5, 0.6) is 0 Å². The Bertz CT molecular complexity index is 736. The largest absolute Gasteiger partial charge is 0.411 e. The second-order valence-electron chi connectivity index (χ2n) is 10.4. The number of halogens is 2. The van der Waals surface area contributed by atoms with Crippen molar-refractivity contribution >= 4 is 49.4 Å². The maximum atomic E-state index is 6.80. The molecule has 30 heavy (non-hydrogen) atoms. The Morgan fingerprint density at radius 1 is 0.733 bits per heavy atom. The van der Waals surface area contributed by atoms with Gasteiger partial charge in [-0.1, -0.05) is 34.3 Å². The summed E-state index contributed by atoms with van der Waals surface area (Å²) in [5.41, 5.74) is 5.38. The van der Waals surface area contributed by atoms with E-state index in [2.05, 4.69) is 67.0 Å². The Morgan fingerprint density at radius 3 is 1.30 bits per heavy atom. The zero-order valence-electron chi connectivity index (χ0n) is 20.3. The fraction of sp³-hybridized carbons (Fsp3) is 0.636. The molecular weight excluding hydrogens is 543 g/mol. The summed E-state index contributed by atoms with van der Waals surface area (Å²) < 4.78 is 12.9. The summed E-state index contributed by atoms with van der Waals surface area (Å²) in [6.07, 6.45) is 1.88. The van der Waals surface area contributed by atoms with Gasteiger partial charge in [0.25, 0.3) is 0 Å². The van der Waals surface area contributed by atoms with E-state index in [0.29, 0.717) is 0 Å². The van der Waals surface area contributed by atoms with E-state index >= 15 is 0 Å². The Kier molecular flexibility index (Phi) is 10.6. The van der Waals surface area contributed by atoms with Crippen LogP contribution in [0.25, 0.3) is 0 Å². The van der Waals surface area contributed by atoms with Crippen LogP contribution in [0.1, 0.15) is 40.5 Å². The minimum Gasteiger partial charge on any atom is -0.411 e. The van der Waals surface area contributed by atoms with Crippen molar-refractivity contribution < 1.29 is 35.1 Å². The minimum absolute atomic E-state index is 0. The molecule has 0 N–H and O–H groups in total. The van der Waals surface area contributed by atoms with Gasteiger partial charge in [-0.05, 0) is 88.5 Å². The molecule has 168 valence electrons. The number of hydrogen-bond donors (Lipinski definition) is 0. The van der Waals surface area contributed by atoms with E-state index < -0.39 is 26.2 Å². The maximum absolute atomic E-state index is 6.80. The summed E-state index contributed by atoms with van der Waals surface area (Å²) in [4.78, 5) is 0. The molecular formula is C22H38Cl2O2Si3Zr. The predicted octanol–water partition coefficient (Wildman–Crippen LogP) is 6.97. The third kappa shape index (κ3) is 7.51. The molecule has 0 aliphatic heterocycles. The third-order valence-corrected chi connectivity index (χ3v) is 10.9. The fourth-order valence-electron chi connectivity index (χ4n) is 4.60. The molecule has 2 rings (SSSR count). The van der Waals surface area contributed by atoms with Crippen molar-refractivity contribution in [2.45, 2.75) is 92.0 Å². The number of rotatable bonds is 8. The summed E-state index contributed by atoms with van der Waals surface area (Å²) in [7, 11) is -4.12. The molecule has 2 aliphatic rings. The van der Waals surface area contributed by atoms with Gasteiger partial charge in [0.1, 0.15) is 0 Å². The average molecular weight is 581 g/mol. The van der Waals surface area contributed by atoms with E-state index in [0.717, 1.165) is 22.9 Å². The van der Waals surface area contributed by atoms with Crippen LogP contribution in [0.3, 0.4) is 0 Å². The quantitative estimate of drug-likeness (QED) is 0.289. The van der Waals surface area contributed by atoms with Gasteiger partial charge < -0.3 is 8.85 Å². The molecule has 8 heteroatoms. The van der Waals surface area contributed by atoms with Gasteiger partial charge in [0.05, 0.1) is 21.7 Å². The van der Waals surface area contributed by atoms with E-state index in [-0.39, 0.29) is 38.4 Å². The molecule has 0 aromatic carbocycles. The molecule has 0 saturated heterocycles. The van der Waals surface area contributed by atoms with Crippen LogP contribution in [-0.2, 0) is 35.1 Å². The smallest absolute Gasteiger partial charge is 0.184 e. The van der Waals surface area contributed by atoms with Crippen LogP contribution in [0.4, 0.5) is 0 Å². The van der Waals surface area contributed by atoms with Gasteiger partial charge in [-0.25, -0.2) is 0 Å². The van der Waals surface area contributed by atoms with E-state index in [1.54, 1.807) is 0 Å². The minimum atomic E-state index is -1.64. The van der Waals surface area contributed by atoms with Crippen LogP contribution in [-0.4, -0.2) is 38.4 Å². The van der Waals surface area contributed by atoms with Gasteiger partial charge in [0, 0.05) is 49.1 Å². The molecule has 0 saturated carbocycles. The zero-order valence-corrected chi connectivity index (χ0v) is 27.7. The normalized spacial score (nSPS) is 20.8.